The highest BCUT2D eigenvalue weighted by molar-refractivity contribution is 7.85. The van der Waals surface area contributed by atoms with Crippen molar-refractivity contribution in [2.45, 2.75) is 112 Å². The van der Waals surface area contributed by atoms with Gasteiger partial charge >= 0.3 is 0 Å². The fourth-order valence-corrected chi connectivity index (χ4v) is 7.34. The molecule has 0 heterocycles. The van der Waals surface area contributed by atoms with Crippen molar-refractivity contribution in [2.24, 2.45) is 16.7 Å². The van der Waals surface area contributed by atoms with E-state index in [4.69, 9.17) is 0 Å². The van der Waals surface area contributed by atoms with Crippen LogP contribution >= 0.6 is 0 Å². The molecule has 2 fully saturated rings. The van der Waals surface area contributed by atoms with Gasteiger partial charge in [-0.05, 0) is 49.9 Å². The minimum Gasteiger partial charge on any atom is -0.748 e. The molecular formula is C26H51NO4S. The number of hydrogen-bond donors (Lipinski definition) is 0. The highest BCUT2D eigenvalue weighted by Crippen LogP contribution is 2.64. The number of carbonyl (C=O) groups is 1. The van der Waals surface area contributed by atoms with Crippen molar-refractivity contribution in [3.63, 3.8) is 0 Å². The van der Waals surface area contributed by atoms with Crippen LogP contribution in [0.15, 0.2) is 0 Å². The van der Waals surface area contributed by atoms with Crippen molar-refractivity contribution in [3.05, 3.63) is 0 Å². The van der Waals surface area contributed by atoms with Gasteiger partial charge in [0.25, 0.3) is 0 Å². The molecular weight excluding hydrogens is 422 g/mol. The molecule has 2 rings (SSSR count). The molecule has 2 saturated carbocycles. The zero-order valence-corrected chi connectivity index (χ0v) is 22.7. The van der Waals surface area contributed by atoms with Gasteiger partial charge in [-0.25, -0.2) is 8.42 Å². The average Bonchev–Trinajstić information content (AvgIpc) is 3.06. The van der Waals surface area contributed by atoms with Gasteiger partial charge in [-0.3, -0.25) is 4.79 Å². The van der Waals surface area contributed by atoms with Gasteiger partial charge in [0.1, 0.15) is 5.78 Å². The fourth-order valence-electron chi connectivity index (χ4n) is 6.05. The van der Waals surface area contributed by atoms with E-state index in [0.29, 0.717) is 12.8 Å². The molecule has 32 heavy (non-hydrogen) atoms. The maximum atomic E-state index is 11.8. The number of carbonyl (C=O) groups excluding carboxylic acids is 1. The largest absolute Gasteiger partial charge is 0.748 e. The number of ketones is 1. The summed E-state index contributed by atoms with van der Waals surface area (Å²) in [5.41, 5.74) is -1.22. The standard InChI is InChI=1S/C16H36N.C10H16O4S/c1-5-9-13-17(14-10-6-2,15-11-7-3)16-12-8-4;1-9(2)7-3-4-10(9,8(11)5-7)6-15(12,13)14/h5-16H2,1-4H3;7H,3-6H2,1-2H3,(H,12,13,14)/q+1;/p-1/t;7-,10-/m.1/s1. The van der Waals surface area contributed by atoms with Gasteiger partial charge in [0.15, 0.2) is 0 Å². The van der Waals surface area contributed by atoms with Crippen LogP contribution in [0, 0.1) is 16.7 Å². The van der Waals surface area contributed by atoms with Crippen molar-refractivity contribution in [1.29, 1.82) is 0 Å². The van der Waals surface area contributed by atoms with E-state index in [0.717, 1.165) is 6.42 Å². The summed E-state index contributed by atoms with van der Waals surface area (Å²) < 4.78 is 34.1. The number of fused-ring (bicyclic) bond motifs is 2. The molecule has 6 heteroatoms. The molecule has 0 aliphatic heterocycles. The van der Waals surface area contributed by atoms with E-state index in [1.165, 1.54) is 82.0 Å². The first-order chi connectivity index (χ1) is 14.9. The summed E-state index contributed by atoms with van der Waals surface area (Å²) in [7, 11) is -4.33. The molecule has 0 aromatic carbocycles. The van der Waals surface area contributed by atoms with E-state index in [-0.39, 0.29) is 17.1 Å². The number of nitrogens with zero attached hydrogens (tertiary/aromatic N) is 1. The average molecular weight is 474 g/mol. The summed E-state index contributed by atoms with van der Waals surface area (Å²) in [6.45, 7) is 18.9. The molecule has 5 nitrogen and oxygen atoms in total. The Labute approximate surface area is 199 Å². The van der Waals surface area contributed by atoms with Crippen molar-refractivity contribution in [3.8, 4) is 0 Å². The summed E-state index contributed by atoms with van der Waals surface area (Å²) in [5.74, 6) is -0.280. The third-order valence-electron chi connectivity index (χ3n) is 8.51. The number of Topliss-reactive ketones (excluding diaryl/α,β-unsaturated/α-hetero) is 1. The topological polar surface area (TPSA) is 74.3 Å². The predicted molar refractivity (Wildman–Crippen MR) is 132 cm³/mol. The van der Waals surface area contributed by atoms with Crippen LogP contribution in [0.5, 0.6) is 0 Å². The molecule has 2 aliphatic carbocycles. The maximum Gasteiger partial charge on any atom is 0.140 e. The van der Waals surface area contributed by atoms with Gasteiger partial charge in [0.2, 0.25) is 0 Å². The monoisotopic (exact) mass is 473 g/mol. The first-order valence-corrected chi connectivity index (χ1v) is 14.8. The lowest BCUT2D eigenvalue weighted by molar-refractivity contribution is -0.929. The first kappa shape index (κ1) is 29.6. The zero-order valence-electron chi connectivity index (χ0n) is 21.9. The Morgan fingerprint density at radius 2 is 1.28 bits per heavy atom. The van der Waals surface area contributed by atoms with Gasteiger partial charge in [-0.15, -0.1) is 0 Å². The molecule has 2 atom stereocenters. The molecule has 2 aliphatic rings. The molecule has 0 spiro atoms. The number of unbranched alkanes of at least 4 members (excludes halogenated alkanes) is 4. The van der Waals surface area contributed by atoms with Crippen molar-refractivity contribution >= 4 is 15.9 Å². The SMILES string of the molecule is CC1(C)[C@@H]2CC[C@@]1(CS(=O)(=O)[O-])C(=O)C2.CCCC[N+](CCCC)(CCCC)CCCC. The molecule has 0 aromatic rings. The van der Waals surface area contributed by atoms with E-state index in [1.807, 2.05) is 13.8 Å². The Morgan fingerprint density at radius 3 is 1.53 bits per heavy atom. The lowest BCUT2D eigenvalue weighted by Crippen LogP contribution is -2.50. The van der Waals surface area contributed by atoms with E-state index in [9.17, 15) is 17.8 Å². The van der Waals surface area contributed by atoms with Crippen LogP contribution in [0.3, 0.4) is 0 Å². The van der Waals surface area contributed by atoms with E-state index >= 15 is 0 Å². The van der Waals surface area contributed by atoms with Crippen LogP contribution in [-0.4, -0.2) is 55.2 Å². The Balaban J connectivity index is 0.000000321. The minimum absolute atomic E-state index is 0.0248. The fraction of sp³-hybridized carbons (Fsp3) is 0.962. The van der Waals surface area contributed by atoms with Gasteiger partial charge < -0.3 is 9.04 Å². The third kappa shape index (κ3) is 7.53. The van der Waals surface area contributed by atoms with Crippen LogP contribution < -0.4 is 0 Å². The highest BCUT2D eigenvalue weighted by Gasteiger charge is 2.64. The summed E-state index contributed by atoms with van der Waals surface area (Å²) >= 11 is 0. The van der Waals surface area contributed by atoms with E-state index in [1.54, 1.807) is 0 Å². The summed E-state index contributed by atoms with van der Waals surface area (Å²) in [6, 6.07) is 0. The second-order valence-corrected chi connectivity index (χ2v) is 12.4. The Hall–Kier alpha value is -0.460. The van der Waals surface area contributed by atoms with Crippen LogP contribution in [0.4, 0.5) is 0 Å². The van der Waals surface area contributed by atoms with Crippen molar-refractivity contribution in [1.82, 2.24) is 0 Å². The molecule has 0 unspecified atom stereocenters. The highest BCUT2D eigenvalue weighted by atomic mass is 32.2. The molecule has 190 valence electrons. The van der Waals surface area contributed by atoms with E-state index < -0.39 is 21.3 Å². The molecule has 0 saturated heterocycles. The van der Waals surface area contributed by atoms with Crippen LogP contribution in [0.1, 0.15) is 112 Å². The Bertz CT molecular complexity index is 636. The smallest absolute Gasteiger partial charge is 0.140 e. The van der Waals surface area contributed by atoms with Crippen LogP contribution in [-0.2, 0) is 14.9 Å². The number of quaternary nitrogens is 1. The number of hydrogen-bond acceptors (Lipinski definition) is 4. The molecule has 0 aromatic heterocycles. The minimum atomic E-state index is -4.33. The second-order valence-electron chi connectivity index (χ2n) is 11.0. The summed E-state index contributed by atoms with van der Waals surface area (Å²) in [5, 5.41) is 0. The molecule has 0 N–H and O–H groups in total. The van der Waals surface area contributed by atoms with Gasteiger partial charge in [0.05, 0.1) is 42.1 Å². The van der Waals surface area contributed by atoms with Crippen LogP contribution in [0.25, 0.3) is 0 Å². The molecule has 0 amide bonds. The van der Waals surface area contributed by atoms with Gasteiger partial charge in [-0.1, -0.05) is 67.2 Å². The number of rotatable bonds is 14. The van der Waals surface area contributed by atoms with Gasteiger partial charge in [-0.2, -0.15) is 0 Å². The maximum absolute atomic E-state index is 11.8. The lowest BCUT2D eigenvalue weighted by Gasteiger charge is -2.39. The second kappa shape index (κ2) is 12.9. The normalized spacial score (nSPS) is 24.5. The van der Waals surface area contributed by atoms with Crippen LogP contribution in [0.2, 0.25) is 0 Å². The Kier molecular flexibility index (Phi) is 11.9. The van der Waals surface area contributed by atoms with Crippen molar-refractivity contribution in [2.75, 3.05) is 31.9 Å². The first-order valence-electron chi connectivity index (χ1n) is 13.3. The summed E-state index contributed by atoms with van der Waals surface area (Å²) in [4.78, 5) is 11.8. The van der Waals surface area contributed by atoms with E-state index in [2.05, 4.69) is 27.7 Å². The van der Waals surface area contributed by atoms with Crippen molar-refractivity contribution < 1.29 is 22.2 Å². The third-order valence-corrected chi connectivity index (χ3v) is 9.35. The zero-order chi connectivity index (χ0) is 24.5. The lowest BCUT2D eigenvalue weighted by atomic mass is 9.70. The summed E-state index contributed by atoms with van der Waals surface area (Å²) in [6.07, 6.45) is 12.9. The van der Waals surface area contributed by atoms with Gasteiger partial charge in [0, 0.05) is 11.8 Å². The Morgan fingerprint density at radius 1 is 0.875 bits per heavy atom. The quantitative estimate of drug-likeness (QED) is 0.231. The molecule has 0 radical (unpaired) electrons. The predicted octanol–water partition coefficient (Wildman–Crippen LogP) is 5.93. The molecule has 2 bridgehead atoms.